The van der Waals surface area contributed by atoms with Crippen LogP contribution < -0.4 is 0 Å². The molecule has 0 fully saturated rings. The van der Waals surface area contributed by atoms with Gasteiger partial charge in [-0.05, 0) is 96.3 Å². The number of hydrogen-bond acceptors (Lipinski definition) is 6. The van der Waals surface area contributed by atoms with Gasteiger partial charge in [-0.2, -0.15) is 0 Å². The van der Waals surface area contributed by atoms with Crippen LogP contribution in [0.2, 0.25) is 0 Å². The Kier molecular flexibility index (Phi) is 55.2. The predicted octanol–water partition coefficient (Wildman–Crippen LogP) is 19.4. The van der Waals surface area contributed by atoms with Crippen molar-refractivity contribution in [2.45, 2.75) is 181 Å². The summed E-state index contributed by atoms with van der Waals surface area (Å²) in [7, 11) is 0. The maximum Gasteiger partial charge on any atom is 0.306 e. The van der Waals surface area contributed by atoms with Gasteiger partial charge in [-0.25, -0.2) is 0 Å². The van der Waals surface area contributed by atoms with E-state index in [0.29, 0.717) is 19.3 Å². The zero-order chi connectivity index (χ0) is 54.3. The number of rotatable bonds is 47. The lowest BCUT2D eigenvalue weighted by molar-refractivity contribution is -0.167. The highest BCUT2D eigenvalue weighted by Gasteiger charge is 2.19. The van der Waals surface area contributed by atoms with Gasteiger partial charge < -0.3 is 14.2 Å². The van der Waals surface area contributed by atoms with Crippen molar-refractivity contribution in [2.24, 2.45) is 0 Å². The van der Waals surface area contributed by atoms with E-state index in [4.69, 9.17) is 14.2 Å². The Morgan fingerprint density at radius 2 is 0.547 bits per heavy atom. The number of unbranched alkanes of at least 4 members (excludes halogenated alkanes) is 12. The quantitative estimate of drug-likeness (QED) is 0.0199. The van der Waals surface area contributed by atoms with Gasteiger partial charge in [0.1, 0.15) is 13.2 Å². The molecule has 6 heteroatoms. The zero-order valence-electron chi connectivity index (χ0n) is 46.7. The van der Waals surface area contributed by atoms with Crippen LogP contribution in [0.4, 0.5) is 0 Å². The summed E-state index contributed by atoms with van der Waals surface area (Å²) in [6, 6.07) is 0. The molecule has 1 atom stereocenters. The minimum absolute atomic E-state index is 0.134. The third-order valence-electron chi connectivity index (χ3n) is 10.8. The summed E-state index contributed by atoms with van der Waals surface area (Å²) in [6.45, 7) is 6.11. The molecule has 0 heterocycles. The van der Waals surface area contributed by atoms with Crippen LogP contribution in [0.15, 0.2) is 219 Å². The van der Waals surface area contributed by atoms with E-state index >= 15 is 0 Å². The molecule has 0 bridgehead atoms. The van der Waals surface area contributed by atoms with Crippen LogP contribution in [0, 0.1) is 0 Å². The van der Waals surface area contributed by atoms with Gasteiger partial charge in [0.25, 0.3) is 0 Å². The third-order valence-corrected chi connectivity index (χ3v) is 10.8. The van der Waals surface area contributed by atoms with Crippen LogP contribution in [0.25, 0.3) is 0 Å². The average molecular weight is 1020 g/mol. The largest absolute Gasteiger partial charge is 0.462 e. The molecule has 6 nitrogen and oxygen atoms in total. The number of carbonyl (C=O) groups is 3. The van der Waals surface area contributed by atoms with Gasteiger partial charge >= 0.3 is 17.9 Å². The second-order valence-electron chi connectivity index (χ2n) is 17.7. The van der Waals surface area contributed by atoms with Gasteiger partial charge in [0.15, 0.2) is 6.10 Å². The van der Waals surface area contributed by atoms with E-state index in [1.165, 1.54) is 12.8 Å². The van der Waals surface area contributed by atoms with E-state index in [-0.39, 0.29) is 44.0 Å². The Morgan fingerprint density at radius 1 is 0.280 bits per heavy atom. The standard InChI is InChI=1S/C69H98O6/c1-4-7-10-13-16-19-22-25-28-31-34-37-40-43-46-49-52-55-58-61-67(70)73-64-66(75-69(72)63-60-57-54-51-48-45-42-39-36-33-30-27-24-21-18-15-12-9-6-3)65-74-68(71)62-59-56-53-50-47-44-41-38-35-32-29-26-23-20-17-14-11-8-5-2/h7-13,15-22,24-31,33-40,42-43,45-46,48,66H,4-6,14,23,32,41,44,47,49-65H2,1-3H3/b10-7-,11-8-,12-9-,16-13-,18-15-,20-17-,22-19-,24-21-,28-25-,29-26-,30-27-,34-31+,36-33+,38-35-,40-37-,42-39-,46-43-,48-45-. The number of allylic oxidation sites excluding steroid dienone is 36. The third kappa shape index (κ3) is 58.5. The van der Waals surface area contributed by atoms with Crippen LogP contribution >= 0.6 is 0 Å². The molecule has 0 radical (unpaired) electrons. The molecule has 0 saturated carbocycles. The molecule has 0 amide bonds. The Hall–Kier alpha value is -6.27. The molecule has 0 aliphatic heterocycles. The van der Waals surface area contributed by atoms with Crippen molar-refractivity contribution in [1.29, 1.82) is 0 Å². The average Bonchev–Trinajstić information content (AvgIpc) is 3.41. The molecule has 0 spiro atoms. The first-order chi connectivity index (χ1) is 37.0. The van der Waals surface area contributed by atoms with Gasteiger partial charge in [-0.15, -0.1) is 0 Å². The Labute approximate surface area is 457 Å². The SMILES string of the molecule is CC\C=C/C=C\C=C/C=C\C=C\C=C/C=C\CCCCCC(=O)OCC(COC(=O)CCCCCCCC/C=C\C/C=C\C/C=C\C/C=C\CC)OC(=O)CCCCC\C=C/C=C\C=C\C=C/C=C\C=C/C=C\CC. The molecule has 0 aromatic rings. The van der Waals surface area contributed by atoms with E-state index in [0.717, 1.165) is 109 Å². The van der Waals surface area contributed by atoms with E-state index < -0.39 is 6.10 Å². The molecule has 0 rings (SSSR count). The number of ether oxygens (including phenoxy) is 3. The summed E-state index contributed by atoms with van der Waals surface area (Å²) in [5.74, 6) is -1.06. The van der Waals surface area contributed by atoms with Crippen molar-refractivity contribution in [1.82, 2.24) is 0 Å². The lowest BCUT2D eigenvalue weighted by Crippen LogP contribution is -2.30. The maximum absolute atomic E-state index is 12.9. The lowest BCUT2D eigenvalue weighted by Gasteiger charge is -2.18. The first-order valence-corrected chi connectivity index (χ1v) is 28.4. The Morgan fingerprint density at radius 3 is 0.920 bits per heavy atom. The minimum Gasteiger partial charge on any atom is -0.462 e. The van der Waals surface area contributed by atoms with Crippen LogP contribution in [0.1, 0.15) is 175 Å². The molecule has 0 saturated heterocycles. The second kappa shape index (κ2) is 60.3. The Balaban J connectivity index is 4.69. The molecule has 0 aliphatic carbocycles. The van der Waals surface area contributed by atoms with E-state index in [1.807, 2.05) is 146 Å². The van der Waals surface area contributed by atoms with E-state index in [1.54, 1.807) is 0 Å². The topological polar surface area (TPSA) is 78.9 Å². The van der Waals surface area contributed by atoms with Crippen LogP contribution in [0.3, 0.4) is 0 Å². The van der Waals surface area contributed by atoms with Crippen LogP contribution in [0.5, 0.6) is 0 Å². The van der Waals surface area contributed by atoms with Crippen molar-refractivity contribution in [3.8, 4) is 0 Å². The lowest BCUT2D eigenvalue weighted by atomic mass is 10.1. The van der Waals surface area contributed by atoms with Gasteiger partial charge in [0.2, 0.25) is 0 Å². The fourth-order valence-electron chi connectivity index (χ4n) is 6.69. The van der Waals surface area contributed by atoms with Gasteiger partial charge in [-0.3, -0.25) is 14.4 Å². The molecule has 0 aromatic carbocycles. The van der Waals surface area contributed by atoms with Crippen molar-refractivity contribution in [2.75, 3.05) is 13.2 Å². The monoisotopic (exact) mass is 1020 g/mol. The summed E-state index contributed by atoms with van der Waals surface area (Å²) < 4.78 is 16.8. The zero-order valence-corrected chi connectivity index (χ0v) is 46.7. The minimum atomic E-state index is -0.845. The van der Waals surface area contributed by atoms with Gasteiger partial charge in [0, 0.05) is 19.3 Å². The smallest absolute Gasteiger partial charge is 0.306 e. The van der Waals surface area contributed by atoms with Crippen LogP contribution in [-0.2, 0) is 28.6 Å². The number of esters is 3. The Bertz CT molecular complexity index is 1940. The normalized spacial score (nSPS) is 13.8. The predicted molar refractivity (Wildman–Crippen MR) is 324 cm³/mol. The fourth-order valence-corrected chi connectivity index (χ4v) is 6.69. The molecular weight excluding hydrogens is 925 g/mol. The highest BCUT2D eigenvalue weighted by atomic mass is 16.6. The van der Waals surface area contributed by atoms with Crippen molar-refractivity contribution < 1.29 is 28.6 Å². The van der Waals surface area contributed by atoms with E-state index in [2.05, 4.69) is 93.7 Å². The summed E-state index contributed by atoms with van der Waals surface area (Å²) in [6.07, 6.45) is 94.8. The van der Waals surface area contributed by atoms with Gasteiger partial charge in [-0.1, -0.05) is 278 Å². The fraction of sp³-hybridized carbons (Fsp3) is 0.435. The molecule has 1 unspecified atom stereocenters. The highest BCUT2D eigenvalue weighted by molar-refractivity contribution is 5.71. The van der Waals surface area contributed by atoms with Crippen molar-refractivity contribution in [3.63, 3.8) is 0 Å². The summed E-state index contributed by atoms with van der Waals surface area (Å²) in [4.78, 5) is 38.2. The van der Waals surface area contributed by atoms with Crippen LogP contribution in [-0.4, -0.2) is 37.2 Å². The summed E-state index contributed by atoms with van der Waals surface area (Å²) in [5.41, 5.74) is 0. The molecule has 0 aliphatic rings. The molecule has 0 aromatic heterocycles. The molecular formula is C69H98O6. The van der Waals surface area contributed by atoms with E-state index in [9.17, 15) is 14.4 Å². The second-order valence-corrected chi connectivity index (χ2v) is 17.7. The van der Waals surface area contributed by atoms with Gasteiger partial charge in [0.05, 0.1) is 0 Å². The molecule has 75 heavy (non-hydrogen) atoms. The number of carbonyl (C=O) groups excluding carboxylic acids is 3. The molecule has 0 N–H and O–H groups in total. The summed E-state index contributed by atoms with van der Waals surface area (Å²) >= 11 is 0. The highest BCUT2D eigenvalue weighted by Crippen LogP contribution is 2.12. The first-order valence-electron chi connectivity index (χ1n) is 28.4. The van der Waals surface area contributed by atoms with Crippen molar-refractivity contribution >= 4 is 17.9 Å². The summed E-state index contributed by atoms with van der Waals surface area (Å²) in [5, 5.41) is 0. The van der Waals surface area contributed by atoms with Crippen molar-refractivity contribution in [3.05, 3.63) is 219 Å². The molecule has 410 valence electrons. The first kappa shape index (κ1) is 68.7. The maximum atomic E-state index is 12.9. The number of hydrogen-bond donors (Lipinski definition) is 0.